The zero-order valence-corrected chi connectivity index (χ0v) is 18.3. The van der Waals surface area contributed by atoms with Crippen molar-refractivity contribution in [2.75, 3.05) is 12.1 Å². The molecule has 0 amide bonds. The molecule has 3 N–H and O–H groups in total. The summed E-state index contributed by atoms with van der Waals surface area (Å²) >= 11 is 12.0. The van der Waals surface area contributed by atoms with E-state index in [9.17, 15) is 4.79 Å². The Bertz CT molecular complexity index is 893. The second-order valence-electron chi connectivity index (χ2n) is 7.31. The fourth-order valence-electron chi connectivity index (χ4n) is 2.95. The van der Waals surface area contributed by atoms with Gasteiger partial charge in [-0.3, -0.25) is 4.90 Å². The summed E-state index contributed by atoms with van der Waals surface area (Å²) in [5.74, 6) is -0.407. The van der Waals surface area contributed by atoms with Gasteiger partial charge in [-0.05, 0) is 62.1 Å². The lowest BCUT2D eigenvalue weighted by Gasteiger charge is -2.23. The van der Waals surface area contributed by atoms with Gasteiger partial charge in [0, 0.05) is 17.6 Å². The Kier molecular flexibility index (Phi) is 7.80. The highest BCUT2D eigenvalue weighted by molar-refractivity contribution is 6.36. The van der Waals surface area contributed by atoms with E-state index >= 15 is 0 Å². The number of benzene rings is 2. The highest BCUT2D eigenvalue weighted by Crippen LogP contribution is 2.29. The Morgan fingerprint density at radius 3 is 2.67 bits per heavy atom. The first-order chi connectivity index (χ1) is 14.3. The van der Waals surface area contributed by atoms with Crippen molar-refractivity contribution >= 4 is 34.9 Å². The molecule has 2 aromatic carbocycles. The minimum atomic E-state index is -0.988. The van der Waals surface area contributed by atoms with Crippen LogP contribution in [0.5, 0.6) is 5.75 Å². The Morgan fingerprint density at radius 1 is 1.27 bits per heavy atom. The molecule has 0 spiro atoms. The van der Waals surface area contributed by atoms with Crippen LogP contribution in [-0.4, -0.2) is 34.8 Å². The number of aliphatic carboxylic acids is 1. The fraction of sp³-hybridized carbons (Fsp3) is 0.381. The molecule has 1 fully saturated rings. The second kappa shape index (κ2) is 10.3. The minimum absolute atomic E-state index is 0.471. The monoisotopic (exact) mass is 453 g/mol. The number of hydroxylamine groups is 1. The second-order valence-corrected chi connectivity index (χ2v) is 8.15. The van der Waals surface area contributed by atoms with E-state index in [4.69, 9.17) is 38.0 Å². The largest absolute Gasteiger partial charge is 0.479 e. The van der Waals surface area contributed by atoms with Gasteiger partial charge < -0.3 is 9.84 Å². The number of hydrogen-bond donors (Lipinski definition) is 3. The van der Waals surface area contributed by atoms with Crippen molar-refractivity contribution in [3.63, 3.8) is 0 Å². The predicted molar refractivity (Wildman–Crippen MR) is 117 cm³/mol. The van der Waals surface area contributed by atoms with Gasteiger partial charge in [0.05, 0.1) is 17.4 Å². The van der Waals surface area contributed by atoms with Gasteiger partial charge >= 0.3 is 5.97 Å². The SMILES string of the molecule is Cc1cc(CN(CNONc2ccc(Cl)cc2Cl)C2CC2)ccc1OC(C)C(=O)O. The highest BCUT2D eigenvalue weighted by Gasteiger charge is 2.29. The molecule has 0 aromatic heterocycles. The lowest BCUT2D eigenvalue weighted by Crippen LogP contribution is -2.36. The molecule has 3 rings (SSSR count). The van der Waals surface area contributed by atoms with E-state index in [1.807, 2.05) is 25.1 Å². The van der Waals surface area contributed by atoms with E-state index in [0.29, 0.717) is 34.2 Å². The van der Waals surface area contributed by atoms with E-state index in [0.717, 1.165) is 30.5 Å². The quantitative estimate of drug-likeness (QED) is 0.260. The molecule has 1 atom stereocenters. The zero-order chi connectivity index (χ0) is 21.7. The molecule has 1 saturated carbocycles. The average Bonchev–Trinajstić information content (AvgIpc) is 3.52. The van der Waals surface area contributed by atoms with Crippen LogP contribution in [0.25, 0.3) is 0 Å². The Labute approximate surface area is 185 Å². The van der Waals surface area contributed by atoms with E-state index in [1.165, 1.54) is 6.92 Å². The summed E-state index contributed by atoms with van der Waals surface area (Å²) in [5, 5.41) is 10.0. The van der Waals surface area contributed by atoms with Crippen LogP contribution in [0.3, 0.4) is 0 Å². The molecule has 0 saturated heterocycles. The van der Waals surface area contributed by atoms with Gasteiger partial charge in [0.2, 0.25) is 0 Å². The standard InChI is InChI=1S/C21H25Cl2N3O4/c1-13-9-15(3-8-20(13)29-14(2)21(27)28)11-26(17-5-6-17)12-24-30-25-19-7-4-16(22)10-18(19)23/h3-4,7-10,14,17,24-25H,5-6,11-12H2,1-2H3,(H,27,28). The average molecular weight is 454 g/mol. The summed E-state index contributed by atoms with van der Waals surface area (Å²) < 4.78 is 5.49. The molecule has 0 aliphatic heterocycles. The summed E-state index contributed by atoms with van der Waals surface area (Å²) in [7, 11) is 0. The maximum Gasteiger partial charge on any atom is 0.344 e. The number of carbonyl (C=O) groups is 1. The smallest absolute Gasteiger partial charge is 0.344 e. The molecule has 0 bridgehead atoms. The zero-order valence-electron chi connectivity index (χ0n) is 16.8. The molecule has 1 unspecified atom stereocenters. The van der Waals surface area contributed by atoms with Gasteiger partial charge in [0.25, 0.3) is 0 Å². The summed E-state index contributed by atoms with van der Waals surface area (Å²) in [4.78, 5) is 18.6. The molecule has 0 radical (unpaired) electrons. The van der Waals surface area contributed by atoms with Crippen molar-refractivity contribution in [2.45, 2.75) is 45.4 Å². The van der Waals surface area contributed by atoms with Gasteiger partial charge in [-0.2, -0.15) is 10.4 Å². The molecule has 7 nitrogen and oxygen atoms in total. The van der Waals surface area contributed by atoms with Crippen LogP contribution in [-0.2, 0) is 16.3 Å². The molecule has 30 heavy (non-hydrogen) atoms. The molecule has 2 aromatic rings. The molecule has 162 valence electrons. The van der Waals surface area contributed by atoms with Crippen molar-refractivity contribution in [1.29, 1.82) is 0 Å². The molecule has 0 heterocycles. The normalized spacial score (nSPS) is 14.6. The van der Waals surface area contributed by atoms with Crippen LogP contribution in [0.2, 0.25) is 10.0 Å². The number of rotatable bonds is 11. The van der Waals surface area contributed by atoms with Gasteiger partial charge in [-0.15, -0.1) is 0 Å². The number of aryl methyl sites for hydroxylation is 1. The molecule has 1 aliphatic carbocycles. The number of ether oxygens (including phenoxy) is 1. The van der Waals surface area contributed by atoms with Crippen LogP contribution >= 0.6 is 23.2 Å². The Balaban J connectivity index is 1.52. The summed E-state index contributed by atoms with van der Waals surface area (Å²) in [6.45, 7) is 4.69. The van der Waals surface area contributed by atoms with Gasteiger partial charge in [-0.1, -0.05) is 35.3 Å². The predicted octanol–water partition coefficient (Wildman–Crippen LogP) is 4.62. The first kappa shape index (κ1) is 22.7. The number of anilines is 1. The lowest BCUT2D eigenvalue weighted by atomic mass is 10.1. The van der Waals surface area contributed by atoms with Crippen LogP contribution in [0.15, 0.2) is 36.4 Å². The van der Waals surface area contributed by atoms with Crippen molar-refractivity contribution in [1.82, 2.24) is 10.4 Å². The lowest BCUT2D eigenvalue weighted by molar-refractivity contribution is -0.144. The maximum absolute atomic E-state index is 11.0. The summed E-state index contributed by atoms with van der Waals surface area (Å²) in [6.07, 6.45) is 1.41. The van der Waals surface area contributed by atoms with E-state index in [1.54, 1.807) is 18.2 Å². The number of carboxylic acids is 1. The van der Waals surface area contributed by atoms with Gasteiger partial charge in [0.1, 0.15) is 5.75 Å². The van der Waals surface area contributed by atoms with E-state index < -0.39 is 12.1 Å². The number of halogens is 2. The maximum atomic E-state index is 11.0. The van der Waals surface area contributed by atoms with Crippen LogP contribution < -0.4 is 15.7 Å². The number of nitrogens with one attached hydrogen (secondary N) is 2. The van der Waals surface area contributed by atoms with Crippen LogP contribution in [0.1, 0.15) is 30.9 Å². The Hall–Kier alpha value is -2.03. The first-order valence-corrected chi connectivity index (χ1v) is 10.4. The molecule has 9 heteroatoms. The van der Waals surface area contributed by atoms with E-state index in [-0.39, 0.29) is 0 Å². The topological polar surface area (TPSA) is 83.1 Å². The van der Waals surface area contributed by atoms with E-state index in [2.05, 4.69) is 15.9 Å². The Morgan fingerprint density at radius 2 is 2.03 bits per heavy atom. The van der Waals surface area contributed by atoms with Crippen molar-refractivity contribution in [3.8, 4) is 5.75 Å². The summed E-state index contributed by atoms with van der Waals surface area (Å²) in [6, 6.07) is 11.4. The van der Waals surface area contributed by atoms with Gasteiger partial charge in [0.15, 0.2) is 6.10 Å². The third kappa shape index (κ3) is 6.48. The van der Waals surface area contributed by atoms with Crippen molar-refractivity contribution in [3.05, 3.63) is 57.6 Å². The molecular formula is C21H25Cl2N3O4. The van der Waals surface area contributed by atoms with Gasteiger partial charge in [-0.25, -0.2) is 10.3 Å². The third-order valence-electron chi connectivity index (χ3n) is 4.77. The van der Waals surface area contributed by atoms with Crippen LogP contribution in [0.4, 0.5) is 5.69 Å². The third-order valence-corrected chi connectivity index (χ3v) is 5.32. The number of nitrogens with zero attached hydrogens (tertiary/aromatic N) is 1. The number of carboxylic acid groups (broad SMARTS) is 1. The fourth-order valence-corrected chi connectivity index (χ4v) is 3.40. The molecule has 1 aliphatic rings. The minimum Gasteiger partial charge on any atom is -0.479 e. The van der Waals surface area contributed by atoms with Crippen LogP contribution in [0, 0.1) is 6.92 Å². The summed E-state index contributed by atoms with van der Waals surface area (Å²) in [5.41, 5.74) is 8.32. The van der Waals surface area contributed by atoms with Crippen molar-refractivity contribution < 1.29 is 19.6 Å². The first-order valence-electron chi connectivity index (χ1n) is 9.66. The number of hydrogen-bond acceptors (Lipinski definition) is 6. The van der Waals surface area contributed by atoms with Crippen molar-refractivity contribution in [2.24, 2.45) is 0 Å². The highest BCUT2D eigenvalue weighted by atomic mass is 35.5. The molecular weight excluding hydrogens is 429 g/mol.